The molecule has 3 heteroatoms. The molecule has 0 atom stereocenters. The van der Waals surface area contributed by atoms with E-state index in [2.05, 4.69) is 0 Å². The van der Waals surface area contributed by atoms with Crippen molar-refractivity contribution in [1.82, 2.24) is 0 Å². The maximum absolute atomic E-state index is 12.1. The van der Waals surface area contributed by atoms with E-state index in [-0.39, 0.29) is 17.3 Å². The quantitative estimate of drug-likeness (QED) is 0.701. The molecular weight excluding hydrogens is 276 g/mol. The highest BCUT2D eigenvalue weighted by atomic mass is 16.3. The van der Waals surface area contributed by atoms with Crippen molar-refractivity contribution in [2.24, 2.45) is 0 Å². The van der Waals surface area contributed by atoms with Gasteiger partial charge in [-0.2, -0.15) is 0 Å². The summed E-state index contributed by atoms with van der Waals surface area (Å²) in [6.07, 6.45) is 1.53. The highest BCUT2D eigenvalue weighted by Gasteiger charge is 2.23. The number of hydrogen-bond acceptors (Lipinski definition) is 3. The molecule has 0 radical (unpaired) electrons. The van der Waals surface area contributed by atoms with E-state index in [0.29, 0.717) is 5.56 Å². The molecule has 0 unspecified atom stereocenters. The van der Waals surface area contributed by atoms with Crippen LogP contribution in [0.5, 0.6) is 5.75 Å². The fraction of sp³-hybridized carbons (Fsp3) is 0. The largest absolute Gasteiger partial charge is 0.508 e. The number of carbonyl (C=O) groups is 1. The predicted molar refractivity (Wildman–Crippen MR) is 86.0 cm³/mol. The maximum Gasteiger partial charge on any atom is 0.227 e. The van der Waals surface area contributed by atoms with Crippen LogP contribution in [0, 0.1) is 0 Å². The Bertz CT molecular complexity index is 950. The standard InChI is InChI=1S/C19H12O3/c20-13-7-4-11(5-8-13)14-9-6-12-2-1-3-15-18(12)16(14)10-17(21)19(15)22/h1-10,20-21H. The van der Waals surface area contributed by atoms with Crippen LogP contribution in [0.25, 0.3) is 28.0 Å². The summed E-state index contributed by atoms with van der Waals surface area (Å²) in [6.45, 7) is 0. The molecule has 0 saturated heterocycles. The molecule has 0 spiro atoms. The van der Waals surface area contributed by atoms with Crippen LogP contribution in [-0.4, -0.2) is 16.0 Å². The third-order valence-corrected chi connectivity index (χ3v) is 4.02. The minimum absolute atomic E-state index is 0.201. The number of aliphatic hydroxyl groups is 1. The summed E-state index contributed by atoms with van der Waals surface area (Å²) in [6, 6.07) is 16.3. The Kier molecular flexibility index (Phi) is 2.57. The molecule has 0 aliphatic heterocycles. The minimum atomic E-state index is -0.346. The number of phenols is 1. The average Bonchev–Trinajstić information content (AvgIpc) is 2.54. The van der Waals surface area contributed by atoms with Crippen molar-refractivity contribution in [1.29, 1.82) is 0 Å². The Balaban J connectivity index is 2.09. The topological polar surface area (TPSA) is 57.5 Å². The van der Waals surface area contributed by atoms with E-state index < -0.39 is 0 Å². The molecule has 3 nitrogen and oxygen atoms in total. The molecule has 4 rings (SSSR count). The maximum atomic E-state index is 12.1. The molecule has 22 heavy (non-hydrogen) atoms. The molecule has 0 saturated carbocycles. The van der Waals surface area contributed by atoms with Crippen molar-refractivity contribution in [2.45, 2.75) is 0 Å². The third-order valence-electron chi connectivity index (χ3n) is 4.02. The third kappa shape index (κ3) is 1.72. The number of aliphatic hydroxyl groups excluding tert-OH is 1. The number of hydrogen-bond donors (Lipinski definition) is 2. The number of aromatic hydroxyl groups is 1. The highest BCUT2D eigenvalue weighted by Crippen LogP contribution is 2.37. The number of phenolic OH excluding ortho intramolecular Hbond substituents is 1. The van der Waals surface area contributed by atoms with Gasteiger partial charge in [-0.25, -0.2) is 0 Å². The zero-order valence-corrected chi connectivity index (χ0v) is 11.6. The lowest BCUT2D eigenvalue weighted by Crippen LogP contribution is -2.09. The molecule has 0 aromatic heterocycles. The van der Waals surface area contributed by atoms with Crippen molar-refractivity contribution >= 4 is 22.6 Å². The molecule has 3 aromatic carbocycles. The summed E-state index contributed by atoms with van der Waals surface area (Å²) in [7, 11) is 0. The predicted octanol–water partition coefficient (Wildman–Crippen LogP) is 4.31. The van der Waals surface area contributed by atoms with Crippen molar-refractivity contribution < 1.29 is 15.0 Å². The van der Waals surface area contributed by atoms with Gasteiger partial charge in [-0.1, -0.05) is 42.5 Å². The average molecular weight is 288 g/mol. The second kappa shape index (κ2) is 4.46. The lowest BCUT2D eigenvalue weighted by Gasteiger charge is -2.17. The van der Waals surface area contributed by atoms with Gasteiger partial charge in [0.05, 0.1) is 0 Å². The van der Waals surface area contributed by atoms with Crippen LogP contribution in [0.2, 0.25) is 0 Å². The lowest BCUT2D eigenvalue weighted by atomic mass is 9.86. The van der Waals surface area contributed by atoms with Crippen LogP contribution in [0.3, 0.4) is 0 Å². The summed E-state index contributed by atoms with van der Waals surface area (Å²) >= 11 is 0. The van der Waals surface area contributed by atoms with Gasteiger partial charge >= 0.3 is 0 Å². The van der Waals surface area contributed by atoms with Crippen molar-refractivity contribution in [3.05, 3.63) is 71.5 Å². The number of rotatable bonds is 1. The van der Waals surface area contributed by atoms with Gasteiger partial charge in [0.1, 0.15) is 5.75 Å². The molecule has 0 bridgehead atoms. The van der Waals surface area contributed by atoms with Gasteiger partial charge < -0.3 is 10.2 Å². The van der Waals surface area contributed by atoms with Crippen molar-refractivity contribution in [2.75, 3.05) is 0 Å². The Morgan fingerprint density at radius 2 is 1.55 bits per heavy atom. The Hall–Kier alpha value is -3.07. The number of ketones is 1. The molecule has 106 valence electrons. The summed E-state index contributed by atoms with van der Waals surface area (Å²) in [4.78, 5) is 12.1. The SMILES string of the molecule is O=C1C(O)=Cc2c(-c3ccc(O)cc3)ccc3cccc1c23. The fourth-order valence-electron chi connectivity index (χ4n) is 2.98. The monoisotopic (exact) mass is 288 g/mol. The van der Waals surface area contributed by atoms with Gasteiger partial charge in [0.15, 0.2) is 5.76 Å². The Morgan fingerprint density at radius 3 is 2.32 bits per heavy atom. The summed E-state index contributed by atoms with van der Waals surface area (Å²) in [5.41, 5.74) is 3.19. The molecule has 0 heterocycles. The van der Waals surface area contributed by atoms with E-state index in [9.17, 15) is 15.0 Å². The van der Waals surface area contributed by atoms with Crippen LogP contribution >= 0.6 is 0 Å². The van der Waals surface area contributed by atoms with Gasteiger partial charge in [0, 0.05) is 10.9 Å². The summed E-state index contributed by atoms with van der Waals surface area (Å²) < 4.78 is 0. The zero-order chi connectivity index (χ0) is 15.3. The van der Waals surface area contributed by atoms with E-state index >= 15 is 0 Å². The van der Waals surface area contributed by atoms with Gasteiger partial charge in [-0.05, 0) is 40.3 Å². The highest BCUT2D eigenvalue weighted by molar-refractivity contribution is 6.22. The van der Waals surface area contributed by atoms with E-state index in [1.165, 1.54) is 6.08 Å². The first-order valence-electron chi connectivity index (χ1n) is 6.95. The van der Waals surface area contributed by atoms with Crippen LogP contribution < -0.4 is 0 Å². The molecule has 2 N–H and O–H groups in total. The molecule has 1 aliphatic rings. The van der Waals surface area contributed by atoms with E-state index in [1.54, 1.807) is 18.2 Å². The van der Waals surface area contributed by atoms with Crippen LogP contribution in [0.1, 0.15) is 15.9 Å². The van der Waals surface area contributed by atoms with Gasteiger partial charge in [-0.15, -0.1) is 0 Å². The number of allylic oxidation sites excluding steroid dienone is 1. The van der Waals surface area contributed by atoms with Gasteiger partial charge in [-0.3, -0.25) is 4.79 Å². The summed E-state index contributed by atoms with van der Waals surface area (Å²) in [5.74, 6) is -0.389. The Labute approximate surface area is 126 Å². The molecular formula is C19H12O3. The van der Waals surface area contributed by atoms with Crippen molar-refractivity contribution in [3.8, 4) is 16.9 Å². The fourth-order valence-corrected chi connectivity index (χ4v) is 2.98. The first-order chi connectivity index (χ1) is 10.6. The second-order valence-electron chi connectivity index (χ2n) is 5.34. The van der Waals surface area contributed by atoms with E-state index in [0.717, 1.165) is 27.5 Å². The molecule has 1 aliphatic carbocycles. The lowest BCUT2D eigenvalue weighted by molar-refractivity contribution is 0.0981. The zero-order valence-electron chi connectivity index (χ0n) is 11.6. The number of benzene rings is 3. The van der Waals surface area contributed by atoms with Crippen LogP contribution in [-0.2, 0) is 0 Å². The minimum Gasteiger partial charge on any atom is -0.508 e. The van der Waals surface area contributed by atoms with E-state index in [1.807, 2.05) is 36.4 Å². The van der Waals surface area contributed by atoms with E-state index in [4.69, 9.17) is 0 Å². The normalized spacial score (nSPS) is 13.3. The molecule has 3 aromatic rings. The Morgan fingerprint density at radius 1 is 0.773 bits per heavy atom. The first kappa shape index (κ1) is 12.7. The van der Waals surface area contributed by atoms with Crippen molar-refractivity contribution in [3.63, 3.8) is 0 Å². The molecule has 0 fully saturated rings. The van der Waals surface area contributed by atoms with Crippen LogP contribution in [0.15, 0.2) is 60.4 Å². The molecule has 0 amide bonds. The van der Waals surface area contributed by atoms with Crippen LogP contribution in [0.4, 0.5) is 0 Å². The second-order valence-corrected chi connectivity index (χ2v) is 5.34. The number of Topliss-reactive ketones (excluding diaryl/α,β-unsaturated/α-hetero) is 1. The van der Waals surface area contributed by atoms with Gasteiger partial charge in [0.25, 0.3) is 0 Å². The number of carbonyl (C=O) groups excluding carboxylic acids is 1. The first-order valence-corrected chi connectivity index (χ1v) is 6.95. The smallest absolute Gasteiger partial charge is 0.227 e. The summed E-state index contributed by atoms with van der Waals surface area (Å²) in [5, 5.41) is 21.2. The van der Waals surface area contributed by atoms with Gasteiger partial charge in [0.2, 0.25) is 5.78 Å².